The van der Waals surface area contributed by atoms with Crippen molar-refractivity contribution in [3.05, 3.63) is 60.2 Å². The number of carboxylic acids is 1. The van der Waals surface area contributed by atoms with Crippen LogP contribution >= 0.6 is 11.9 Å². The molecular weight excluding hydrogens is 398 g/mol. The van der Waals surface area contributed by atoms with Gasteiger partial charge in [0.1, 0.15) is 17.1 Å². The van der Waals surface area contributed by atoms with Gasteiger partial charge in [-0.2, -0.15) is 0 Å². The average Bonchev–Trinajstić information content (AvgIpc) is 2.69. The monoisotopic (exact) mass is 425 g/mol. The summed E-state index contributed by atoms with van der Waals surface area (Å²) in [5.74, 6) is -0.142. The number of phenols is 1. The van der Waals surface area contributed by atoms with Gasteiger partial charge in [0.2, 0.25) is 0 Å². The van der Waals surface area contributed by atoms with Crippen LogP contribution in [0.3, 0.4) is 0 Å². The molecule has 0 saturated heterocycles. The predicted octanol–water partition coefficient (Wildman–Crippen LogP) is 6.20. The van der Waals surface area contributed by atoms with Crippen molar-refractivity contribution < 1.29 is 19.7 Å². The van der Waals surface area contributed by atoms with Crippen molar-refractivity contribution in [2.75, 3.05) is 10.8 Å². The Morgan fingerprint density at radius 1 is 1.03 bits per heavy atom. The molecule has 0 atom stereocenters. The zero-order valence-corrected chi connectivity index (χ0v) is 18.4. The van der Waals surface area contributed by atoms with E-state index >= 15 is 0 Å². The van der Waals surface area contributed by atoms with Gasteiger partial charge in [0.15, 0.2) is 0 Å². The second-order valence-electron chi connectivity index (χ2n) is 7.83. The number of aromatic hydroxyl groups is 1. The van der Waals surface area contributed by atoms with Crippen LogP contribution in [0.15, 0.2) is 59.5 Å². The number of carbonyl (C=O) groups is 1. The summed E-state index contributed by atoms with van der Waals surface area (Å²) < 4.78 is 7.89. The maximum atomic E-state index is 11.7. The minimum Gasteiger partial charge on any atom is -0.506 e. The molecule has 0 aliphatic carbocycles. The van der Waals surface area contributed by atoms with Crippen LogP contribution in [0, 0.1) is 5.92 Å². The highest BCUT2D eigenvalue weighted by Gasteiger charge is 2.19. The molecule has 0 saturated carbocycles. The predicted molar refractivity (Wildman–Crippen MR) is 123 cm³/mol. The van der Waals surface area contributed by atoms with Crippen LogP contribution < -0.4 is 9.04 Å². The summed E-state index contributed by atoms with van der Waals surface area (Å²) in [4.78, 5) is 12.5. The molecule has 2 N–H and O–H groups in total. The molecule has 3 aromatic rings. The van der Waals surface area contributed by atoms with Gasteiger partial charge < -0.3 is 19.3 Å². The third-order valence-electron chi connectivity index (χ3n) is 4.44. The first-order chi connectivity index (χ1) is 14.3. The number of ether oxygens (including phenoxy) is 1. The molecule has 0 unspecified atom stereocenters. The van der Waals surface area contributed by atoms with Gasteiger partial charge in [0.25, 0.3) is 0 Å². The topological polar surface area (TPSA) is 70.0 Å². The van der Waals surface area contributed by atoms with Crippen LogP contribution in [0.2, 0.25) is 0 Å². The van der Waals surface area contributed by atoms with E-state index in [1.165, 1.54) is 11.9 Å². The van der Waals surface area contributed by atoms with Crippen LogP contribution in [0.25, 0.3) is 10.8 Å². The summed E-state index contributed by atoms with van der Waals surface area (Å²) in [5, 5.41) is 21.3. The standard InChI is InChI=1S/C24H27NO4S/c1-15(2)14-25(17-9-11-18(12-10-17)29-16(3)4)30-22-13-21(24(27)28)23(26)20-8-6-5-7-19(20)22/h5-13,15-16,26H,14H2,1-4H3,(H,27,28). The van der Waals surface area contributed by atoms with E-state index in [1.54, 1.807) is 18.2 Å². The second-order valence-corrected chi connectivity index (χ2v) is 8.89. The molecule has 3 rings (SSSR count). The maximum absolute atomic E-state index is 11.7. The zero-order valence-electron chi connectivity index (χ0n) is 17.6. The van der Waals surface area contributed by atoms with Crippen LogP contribution in [-0.2, 0) is 0 Å². The number of anilines is 1. The summed E-state index contributed by atoms with van der Waals surface area (Å²) in [5.41, 5.74) is 0.903. The Balaban J connectivity index is 2.02. The minimum absolute atomic E-state index is 0.0959. The highest BCUT2D eigenvalue weighted by Crippen LogP contribution is 2.40. The first kappa shape index (κ1) is 21.8. The minimum atomic E-state index is -1.15. The van der Waals surface area contributed by atoms with Crippen molar-refractivity contribution in [2.45, 2.75) is 38.7 Å². The first-order valence-corrected chi connectivity index (χ1v) is 10.7. The van der Waals surface area contributed by atoms with E-state index in [-0.39, 0.29) is 17.4 Å². The lowest BCUT2D eigenvalue weighted by Crippen LogP contribution is -2.20. The summed E-state index contributed by atoms with van der Waals surface area (Å²) in [6, 6.07) is 16.8. The van der Waals surface area contributed by atoms with Crippen LogP contribution in [0.5, 0.6) is 11.5 Å². The number of hydrogen-bond acceptors (Lipinski definition) is 5. The molecular formula is C24H27NO4S. The molecule has 0 aromatic heterocycles. The summed E-state index contributed by atoms with van der Waals surface area (Å²) in [6.07, 6.45) is 0.106. The molecule has 0 bridgehead atoms. The number of nitrogens with zero attached hydrogens (tertiary/aromatic N) is 1. The molecule has 5 nitrogen and oxygen atoms in total. The molecule has 0 spiro atoms. The number of benzene rings is 3. The number of aromatic carboxylic acids is 1. The van der Waals surface area contributed by atoms with Crippen molar-refractivity contribution >= 4 is 34.4 Å². The Labute approximate surface area is 181 Å². The summed E-state index contributed by atoms with van der Waals surface area (Å²) >= 11 is 1.48. The third kappa shape index (κ3) is 5.00. The van der Waals surface area contributed by atoms with Crippen molar-refractivity contribution in [2.24, 2.45) is 5.92 Å². The van der Waals surface area contributed by atoms with Gasteiger partial charge in [0, 0.05) is 27.9 Å². The largest absolute Gasteiger partial charge is 0.506 e. The molecule has 30 heavy (non-hydrogen) atoms. The molecule has 0 aliphatic heterocycles. The van der Waals surface area contributed by atoms with Crippen LogP contribution in [-0.4, -0.2) is 28.8 Å². The van der Waals surface area contributed by atoms with E-state index < -0.39 is 5.97 Å². The number of fused-ring (bicyclic) bond motifs is 1. The quantitative estimate of drug-likeness (QED) is 0.419. The molecule has 0 aliphatic rings. The van der Waals surface area contributed by atoms with Gasteiger partial charge in [-0.1, -0.05) is 38.1 Å². The van der Waals surface area contributed by atoms with Crippen molar-refractivity contribution in [1.29, 1.82) is 0 Å². The van der Waals surface area contributed by atoms with Crippen molar-refractivity contribution in [3.63, 3.8) is 0 Å². The molecule has 0 amide bonds. The van der Waals surface area contributed by atoms with E-state index in [0.29, 0.717) is 11.3 Å². The molecule has 0 radical (unpaired) electrons. The molecule has 0 heterocycles. The third-order valence-corrected chi connectivity index (χ3v) is 5.56. The fourth-order valence-electron chi connectivity index (χ4n) is 3.17. The van der Waals surface area contributed by atoms with Gasteiger partial charge in [-0.05, 0) is 62.0 Å². The lowest BCUT2D eigenvalue weighted by molar-refractivity contribution is 0.0693. The van der Waals surface area contributed by atoms with E-state index in [1.807, 2.05) is 50.2 Å². The van der Waals surface area contributed by atoms with E-state index in [4.69, 9.17) is 4.74 Å². The highest BCUT2D eigenvalue weighted by molar-refractivity contribution is 8.00. The van der Waals surface area contributed by atoms with Gasteiger partial charge >= 0.3 is 5.97 Å². The maximum Gasteiger partial charge on any atom is 0.339 e. The Morgan fingerprint density at radius 3 is 2.23 bits per heavy atom. The Bertz CT molecular complexity index is 1030. The Kier molecular flexibility index (Phi) is 6.77. The number of hydrogen-bond donors (Lipinski definition) is 2. The Morgan fingerprint density at radius 2 is 1.67 bits per heavy atom. The van der Waals surface area contributed by atoms with Gasteiger partial charge in [-0.15, -0.1) is 0 Å². The lowest BCUT2D eigenvalue weighted by atomic mass is 10.1. The summed E-state index contributed by atoms with van der Waals surface area (Å²) in [7, 11) is 0. The lowest BCUT2D eigenvalue weighted by Gasteiger charge is -2.26. The first-order valence-electron chi connectivity index (χ1n) is 9.96. The van der Waals surface area contributed by atoms with Gasteiger partial charge in [0.05, 0.1) is 6.10 Å². The van der Waals surface area contributed by atoms with Crippen molar-refractivity contribution in [3.8, 4) is 11.5 Å². The fourth-order valence-corrected chi connectivity index (χ4v) is 4.46. The van der Waals surface area contributed by atoms with E-state index in [0.717, 1.165) is 28.3 Å². The number of carboxylic acid groups (broad SMARTS) is 1. The zero-order chi connectivity index (χ0) is 21.8. The summed E-state index contributed by atoms with van der Waals surface area (Å²) in [6.45, 7) is 9.03. The van der Waals surface area contributed by atoms with Gasteiger partial charge in [-0.3, -0.25) is 0 Å². The second kappa shape index (κ2) is 9.30. The number of rotatable bonds is 8. The van der Waals surface area contributed by atoms with Crippen LogP contribution in [0.1, 0.15) is 38.1 Å². The van der Waals surface area contributed by atoms with Crippen LogP contribution in [0.4, 0.5) is 5.69 Å². The van der Waals surface area contributed by atoms with Crippen molar-refractivity contribution in [1.82, 2.24) is 0 Å². The molecule has 158 valence electrons. The van der Waals surface area contributed by atoms with E-state index in [2.05, 4.69) is 18.2 Å². The average molecular weight is 426 g/mol. The molecule has 6 heteroatoms. The molecule has 0 fully saturated rings. The van der Waals surface area contributed by atoms with E-state index in [9.17, 15) is 15.0 Å². The SMILES string of the molecule is CC(C)CN(Sc1cc(C(=O)O)c(O)c2ccccc12)c1ccc(OC(C)C)cc1. The Hall–Kier alpha value is -2.86. The normalized spacial score (nSPS) is 11.3. The molecule has 3 aromatic carbocycles. The highest BCUT2D eigenvalue weighted by atomic mass is 32.2. The smallest absolute Gasteiger partial charge is 0.339 e. The van der Waals surface area contributed by atoms with Gasteiger partial charge in [-0.25, -0.2) is 4.79 Å². The fraction of sp³-hybridized carbons (Fsp3) is 0.292.